The van der Waals surface area contributed by atoms with E-state index in [0.29, 0.717) is 13.2 Å². The Morgan fingerprint density at radius 3 is 2.67 bits per heavy atom. The zero-order valence-corrected chi connectivity index (χ0v) is 11.6. The first-order valence-electron chi connectivity index (χ1n) is 6.96. The molecule has 21 heavy (non-hydrogen) atoms. The van der Waals surface area contributed by atoms with E-state index in [1.165, 1.54) is 0 Å². The molecule has 4 heteroatoms. The Kier molecular flexibility index (Phi) is 3.88. The van der Waals surface area contributed by atoms with Crippen LogP contribution in [0, 0.1) is 0 Å². The number of nitrogens with one attached hydrogen (secondary N) is 1. The fourth-order valence-electron chi connectivity index (χ4n) is 2.57. The summed E-state index contributed by atoms with van der Waals surface area (Å²) in [6.07, 6.45) is 0. The first-order valence-corrected chi connectivity index (χ1v) is 6.96. The van der Waals surface area contributed by atoms with Gasteiger partial charge in [0.1, 0.15) is 18.3 Å². The van der Waals surface area contributed by atoms with Crippen molar-refractivity contribution in [3.05, 3.63) is 65.2 Å². The number of carbonyl (C=O) groups is 1. The molecule has 1 amide bonds. The molecule has 1 aliphatic heterocycles. The Morgan fingerprint density at radius 2 is 1.86 bits per heavy atom. The van der Waals surface area contributed by atoms with Crippen LogP contribution in [0.25, 0.3) is 0 Å². The van der Waals surface area contributed by atoms with E-state index < -0.39 is 0 Å². The van der Waals surface area contributed by atoms with E-state index in [1.54, 1.807) is 0 Å². The van der Waals surface area contributed by atoms with Gasteiger partial charge in [0.2, 0.25) is 5.91 Å². The number of aliphatic hydroxyl groups excluding tert-OH is 1. The number of carbonyl (C=O) groups excluding carboxylic acids is 1. The van der Waals surface area contributed by atoms with E-state index in [2.05, 4.69) is 5.32 Å². The van der Waals surface area contributed by atoms with Gasteiger partial charge in [-0.05, 0) is 17.2 Å². The molecule has 1 heterocycles. The average molecular weight is 283 g/mol. The summed E-state index contributed by atoms with van der Waals surface area (Å²) in [5, 5.41) is 12.2. The van der Waals surface area contributed by atoms with Crippen LogP contribution in [0.5, 0.6) is 5.75 Å². The Balaban J connectivity index is 1.68. The molecular formula is C17H17NO3. The minimum Gasteiger partial charge on any atom is -0.492 e. The van der Waals surface area contributed by atoms with Gasteiger partial charge in [-0.2, -0.15) is 0 Å². The third kappa shape index (κ3) is 2.76. The lowest BCUT2D eigenvalue weighted by atomic mass is 10.0. The van der Waals surface area contributed by atoms with Crippen molar-refractivity contribution in [1.82, 2.24) is 5.32 Å². The quantitative estimate of drug-likeness (QED) is 0.902. The smallest absolute Gasteiger partial charge is 0.231 e. The Morgan fingerprint density at radius 1 is 1.14 bits per heavy atom. The van der Waals surface area contributed by atoms with E-state index in [4.69, 9.17) is 4.74 Å². The molecule has 1 aliphatic rings. The molecule has 0 saturated carbocycles. The maximum Gasteiger partial charge on any atom is 0.231 e. The number of ether oxygens (including phenoxy) is 1. The summed E-state index contributed by atoms with van der Waals surface area (Å²) in [6, 6.07) is 15.1. The van der Waals surface area contributed by atoms with E-state index in [0.717, 1.165) is 22.4 Å². The number of rotatable bonds is 4. The number of benzene rings is 2. The molecule has 2 aromatic rings. The summed E-state index contributed by atoms with van der Waals surface area (Å²) in [6.45, 7) is 0.766. The molecular weight excluding hydrogens is 266 g/mol. The zero-order chi connectivity index (χ0) is 14.7. The van der Waals surface area contributed by atoms with Crippen molar-refractivity contribution in [2.45, 2.75) is 19.1 Å². The molecule has 0 bridgehead atoms. The van der Waals surface area contributed by atoms with Crippen LogP contribution in [0.1, 0.15) is 22.6 Å². The lowest BCUT2D eigenvalue weighted by Gasteiger charge is -2.12. The standard InChI is InChI=1S/C17H17NO3/c19-10-13-6-2-1-5-12(13)9-18-17(20)15-11-21-16-8-4-3-7-14(15)16/h1-8,15,19H,9-11H2,(H,18,20)/t15-/m0/s1. The number of hydrogen-bond donors (Lipinski definition) is 2. The van der Waals surface area contributed by atoms with Gasteiger partial charge in [0, 0.05) is 12.1 Å². The van der Waals surface area contributed by atoms with Gasteiger partial charge in [0.05, 0.1) is 6.61 Å². The normalized spacial score (nSPS) is 16.1. The Bertz CT molecular complexity index is 654. The van der Waals surface area contributed by atoms with Crippen molar-refractivity contribution in [2.24, 2.45) is 0 Å². The minimum absolute atomic E-state index is 0.0264. The van der Waals surface area contributed by atoms with E-state index in [9.17, 15) is 9.90 Å². The van der Waals surface area contributed by atoms with Gasteiger partial charge in [-0.1, -0.05) is 42.5 Å². The van der Waals surface area contributed by atoms with Crippen molar-refractivity contribution < 1.29 is 14.6 Å². The summed E-state index contributed by atoms with van der Waals surface area (Å²) < 4.78 is 5.53. The second-order valence-corrected chi connectivity index (χ2v) is 5.05. The van der Waals surface area contributed by atoms with E-state index in [1.807, 2.05) is 48.5 Å². The van der Waals surface area contributed by atoms with Crippen LogP contribution in [-0.4, -0.2) is 17.6 Å². The lowest BCUT2D eigenvalue weighted by Crippen LogP contribution is -2.30. The topological polar surface area (TPSA) is 58.6 Å². The van der Waals surface area contributed by atoms with Crippen LogP contribution in [0.3, 0.4) is 0 Å². The van der Waals surface area contributed by atoms with Crippen molar-refractivity contribution in [3.8, 4) is 5.75 Å². The molecule has 0 aromatic heterocycles. The van der Waals surface area contributed by atoms with Crippen molar-refractivity contribution in [1.29, 1.82) is 0 Å². The maximum atomic E-state index is 12.3. The highest BCUT2D eigenvalue weighted by Gasteiger charge is 2.29. The van der Waals surface area contributed by atoms with Gasteiger partial charge in [-0.3, -0.25) is 4.79 Å². The van der Waals surface area contributed by atoms with Crippen LogP contribution in [0.2, 0.25) is 0 Å². The molecule has 2 aromatic carbocycles. The van der Waals surface area contributed by atoms with Crippen LogP contribution >= 0.6 is 0 Å². The van der Waals surface area contributed by atoms with Gasteiger partial charge in [-0.25, -0.2) is 0 Å². The third-order valence-corrected chi connectivity index (χ3v) is 3.76. The molecule has 4 nitrogen and oxygen atoms in total. The SMILES string of the molecule is O=C(NCc1ccccc1CO)[C@H]1COc2ccccc21. The maximum absolute atomic E-state index is 12.3. The van der Waals surface area contributed by atoms with Crippen LogP contribution in [-0.2, 0) is 17.9 Å². The Labute approximate surface area is 123 Å². The second kappa shape index (κ2) is 5.97. The molecule has 3 rings (SSSR count). The summed E-state index contributed by atoms with van der Waals surface area (Å²) >= 11 is 0. The molecule has 0 aliphatic carbocycles. The fourth-order valence-corrected chi connectivity index (χ4v) is 2.57. The van der Waals surface area contributed by atoms with Crippen LogP contribution < -0.4 is 10.1 Å². The predicted octanol–water partition coefficient (Wildman–Crippen LogP) is 1.97. The van der Waals surface area contributed by atoms with Crippen LogP contribution in [0.4, 0.5) is 0 Å². The highest BCUT2D eigenvalue weighted by atomic mass is 16.5. The first-order chi connectivity index (χ1) is 10.3. The monoisotopic (exact) mass is 283 g/mol. The summed E-state index contributed by atoms with van der Waals surface area (Å²) in [5.41, 5.74) is 2.70. The molecule has 1 atom stereocenters. The summed E-state index contributed by atoms with van der Waals surface area (Å²) in [7, 11) is 0. The highest BCUT2D eigenvalue weighted by Crippen LogP contribution is 2.33. The largest absolute Gasteiger partial charge is 0.492 e. The molecule has 0 radical (unpaired) electrons. The van der Waals surface area contributed by atoms with Gasteiger partial charge >= 0.3 is 0 Å². The van der Waals surface area contributed by atoms with Crippen molar-refractivity contribution >= 4 is 5.91 Å². The molecule has 0 unspecified atom stereocenters. The number of para-hydroxylation sites is 1. The third-order valence-electron chi connectivity index (χ3n) is 3.76. The number of aliphatic hydroxyl groups is 1. The predicted molar refractivity (Wildman–Crippen MR) is 78.9 cm³/mol. The molecule has 0 fully saturated rings. The fraction of sp³-hybridized carbons (Fsp3) is 0.235. The van der Waals surface area contributed by atoms with Gasteiger partial charge in [-0.15, -0.1) is 0 Å². The molecule has 0 saturated heterocycles. The van der Waals surface area contributed by atoms with E-state index >= 15 is 0 Å². The summed E-state index contributed by atoms with van der Waals surface area (Å²) in [4.78, 5) is 12.3. The van der Waals surface area contributed by atoms with Crippen molar-refractivity contribution in [2.75, 3.05) is 6.61 Å². The lowest BCUT2D eigenvalue weighted by molar-refractivity contribution is -0.122. The number of fused-ring (bicyclic) bond motifs is 1. The Hall–Kier alpha value is -2.33. The summed E-state index contributed by atoms with van der Waals surface area (Å²) in [5.74, 6) is 0.476. The minimum atomic E-state index is -0.262. The van der Waals surface area contributed by atoms with Crippen molar-refractivity contribution in [3.63, 3.8) is 0 Å². The van der Waals surface area contributed by atoms with Gasteiger partial charge in [0.25, 0.3) is 0 Å². The average Bonchev–Trinajstić information content (AvgIpc) is 2.97. The molecule has 2 N–H and O–H groups in total. The zero-order valence-electron chi connectivity index (χ0n) is 11.6. The van der Waals surface area contributed by atoms with Crippen LogP contribution in [0.15, 0.2) is 48.5 Å². The number of hydrogen-bond acceptors (Lipinski definition) is 3. The first kappa shape index (κ1) is 13.6. The van der Waals surface area contributed by atoms with Gasteiger partial charge in [0.15, 0.2) is 0 Å². The van der Waals surface area contributed by atoms with Gasteiger partial charge < -0.3 is 15.2 Å². The molecule has 108 valence electrons. The second-order valence-electron chi connectivity index (χ2n) is 5.05. The molecule has 0 spiro atoms. The highest BCUT2D eigenvalue weighted by molar-refractivity contribution is 5.85. The number of amides is 1. The van der Waals surface area contributed by atoms with E-state index in [-0.39, 0.29) is 18.4 Å².